The van der Waals surface area contributed by atoms with E-state index >= 15 is 0 Å². The van der Waals surface area contributed by atoms with Crippen molar-refractivity contribution < 1.29 is 19.1 Å². The molecule has 3 rings (SSSR count). The lowest BCUT2D eigenvalue weighted by Gasteiger charge is -2.21. The van der Waals surface area contributed by atoms with Crippen LogP contribution in [0.15, 0.2) is 66.7 Å². The Morgan fingerprint density at radius 2 is 0.839 bits per heavy atom. The second-order valence-corrected chi connectivity index (χ2v) is 19.3. The molecule has 0 fully saturated rings. The summed E-state index contributed by atoms with van der Waals surface area (Å²) in [7, 11) is 0. The summed E-state index contributed by atoms with van der Waals surface area (Å²) in [6.07, 6.45) is 5.08. The molecular weight excluding hydrogens is 689 g/mol. The van der Waals surface area contributed by atoms with Crippen LogP contribution in [0.4, 0.5) is 0 Å². The maximum absolute atomic E-state index is 11.9. The zero-order valence-electron chi connectivity index (χ0n) is 37.6. The van der Waals surface area contributed by atoms with Gasteiger partial charge in [-0.3, -0.25) is 9.59 Å². The van der Waals surface area contributed by atoms with Gasteiger partial charge in [0.2, 0.25) is 0 Å². The summed E-state index contributed by atoms with van der Waals surface area (Å²) >= 11 is 0. The van der Waals surface area contributed by atoms with Crippen molar-refractivity contribution in [3.63, 3.8) is 0 Å². The summed E-state index contributed by atoms with van der Waals surface area (Å²) in [6, 6.07) is 24.3. The molecule has 0 aliphatic rings. The van der Waals surface area contributed by atoms with E-state index in [1.165, 1.54) is 38.9 Å². The molecule has 0 heterocycles. The molecule has 0 aromatic heterocycles. The Hall–Kier alpha value is -3.40. The maximum atomic E-state index is 11.9. The largest absolute Gasteiger partial charge is 0.465 e. The first-order valence-corrected chi connectivity index (χ1v) is 20.4. The SMILES string of the molecule is C.C.CCC(COC(=O)C(C)(C)C)Cc1ccc(C(C)(C)C)cc1.CCC(COC(=O)C(C)(C)C)Cc1ccc(C)c(C)c1.CCc1ccc(C(C)(C)C)cc1. The number of rotatable bonds is 11. The fourth-order valence-corrected chi connectivity index (χ4v) is 5.44. The molecule has 56 heavy (non-hydrogen) atoms. The standard InChI is InChI=1S/C20H32O2.C18H28O2.C12H18.2CH4/c1-8-15(14-22-18(21)20(5,6)7)13-16-9-11-17(12-10-16)19(2,3)4;1-7-15(12-20-17(19)18(4,5)6)11-16-9-8-13(2)14(3)10-16;1-5-10-6-8-11(9-7-10)12(2,3)4;;/h9-12,15H,8,13-14H2,1-7H3;8-10,15H,7,11-12H2,1-6H3;6-9H,5H2,1-4H3;2*1H4. The van der Waals surface area contributed by atoms with Gasteiger partial charge in [-0.25, -0.2) is 0 Å². The summed E-state index contributed by atoms with van der Waals surface area (Å²) < 4.78 is 10.9. The molecule has 0 aliphatic heterocycles. The van der Waals surface area contributed by atoms with Crippen molar-refractivity contribution in [2.24, 2.45) is 22.7 Å². The van der Waals surface area contributed by atoms with Gasteiger partial charge >= 0.3 is 11.9 Å². The first kappa shape index (κ1) is 54.7. The normalized spacial score (nSPS) is 12.6. The number of esters is 2. The van der Waals surface area contributed by atoms with Gasteiger partial charge < -0.3 is 9.47 Å². The van der Waals surface area contributed by atoms with Crippen molar-refractivity contribution in [3.05, 3.63) is 106 Å². The van der Waals surface area contributed by atoms with Crippen LogP contribution >= 0.6 is 0 Å². The van der Waals surface area contributed by atoms with Crippen molar-refractivity contribution in [1.82, 2.24) is 0 Å². The van der Waals surface area contributed by atoms with E-state index in [1.807, 2.05) is 41.5 Å². The van der Waals surface area contributed by atoms with E-state index in [1.54, 1.807) is 0 Å². The quantitative estimate of drug-likeness (QED) is 0.182. The lowest BCUT2D eigenvalue weighted by atomic mass is 9.86. The predicted molar refractivity (Wildman–Crippen MR) is 245 cm³/mol. The smallest absolute Gasteiger partial charge is 0.311 e. The molecule has 2 unspecified atom stereocenters. The Kier molecular flexibility index (Phi) is 23.8. The minimum Gasteiger partial charge on any atom is -0.465 e. The number of carbonyl (C=O) groups is 2. The lowest BCUT2D eigenvalue weighted by Crippen LogP contribution is -2.26. The molecule has 0 radical (unpaired) electrons. The van der Waals surface area contributed by atoms with E-state index in [0.717, 1.165) is 32.1 Å². The molecule has 0 aliphatic carbocycles. The molecule has 3 aromatic carbocycles. The Balaban J connectivity index is 0. The van der Waals surface area contributed by atoms with Gasteiger partial charge in [0.25, 0.3) is 0 Å². The van der Waals surface area contributed by atoms with E-state index in [2.05, 4.69) is 143 Å². The highest BCUT2D eigenvalue weighted by atomic mass is 16.5. The van der Waals surface area contributed by atoms with Gasteiger partial charge in [-0.2, -0.15) is 0 Å². The fourth-order valence-electron chi connectivity index (χ4n) is 5.44. The van der Waals surface area contributed by atoms with Crippen molar-refractivity contribution in [1.29, 1.82) is 0 Å². The Bertz CT molecular complexity index is 1540. The molecule has 0 saturated heterocycles. The Morgan fingerprint density at radius 1 is 0.500 bits per heavy atom. The molecule has 0 amide bonds. The molecule has 4 heteroatoms. The number of aryl methyl sites for hydroxylation is 3. The van der Waals surface area contributed by atoms with Gasteiger partial charge in [0.15, 0.2) is 0 Å². The van der Waals surface area contributed by atoms with Gasteiger partial charge in [0, 0.05) is 0 Å². The van der Waals surface area contributed by atoms with Crippen molar-refractivity contribution in [3.8, 4) is 0 Å². The summed E-state index contributed by atoms with van der Waals surface area (Å²) in [6.45, 7) is 36.5. The number of ether oxygens (including phenoxy) is 2. The van der Waals surface area contributed by atoms with E-state index in [0.29, 0.717) is 25.0 Å². The van der Waals surface area contributed by atoms with E-state index < -0.39 is 10.8 Å². The molecule has 0 saturated carbocycles. The van der Waals surface area contributed by atoms with Crippen molar-refractivity contribution >= 4 is 11.9 Å². The highest BCUT2D eigenvalue weighted by Gasteiger charge is 2.25. The summed E-state index contributed by atoms with van der Waals surface area (Å²) in [5, 5.41) is 0. The molecule has 4 nitrogen and oxygen atoms in total. The molecule has 0 spiro atoms. The van der Waals surface area contributed by atoms with Crippen LogP contribution in [-0.2, 0) is 49.2 Å². The second-order valence-electron chi connectivity index (χ2n) is 19.3. The number of benzene rings is 3. The monoisotopic (exact) mass is 775 g/mol. The zero-order valence-corrected chi connectivity index (χ0v) is 37.6. The molecule has 3 aromatic rings. The average molecular weight is 775 g/mol. The van der Waals surface area contributed by atoms with Crippen LogP contribution in [0.25, 0.3) is 0 Å². The zero-order chi connectivity index (χ0) is 41.5. The molecular formula is C52H86O4. The predicted octanol–water partition coefficient (Wildman–Crippen LogP) is 14.4. The Morgan fingerprint density at radius 3 is 1.14 bits per heavy atom. The van der Waals surface area contributed by atoms with Crippen LogP contribution in [0, 0.1) is 36.5 Å². The maximum Gasteiger partial charge on any atom is 0.311 e. The second kappa shape index (κ2) is 24.4. The number of carbonyl (C=O) groups excluding carboxylic acids is 2. The van der Waals surface area contributed by atoms with Crippen LogP contribution in [-0.4, -0.2) is 25.2 Å². The van der Waals surface area contributed by atoms with E-state index in [9.17, 15) is 9.59 Å². The van der Waals surface area contributed by atoms with E-state index in [4.69, 9.17) is 9.47 Å². The third-order valence-corrected chi connectivity index (χ3v) is 9.95. The fraction of sp³-hybridized carbons (Fsp3) is 0.615. The van der Waals surface area contributed by atoms with E-state index in [-0.39, 0.29) is 37.6 Å². The van der Waals surface area contributed by atoms with Crippen LogP contribution in [0.5, 0.6) is 0 Å². The first-order chi connectivity index (χ1) is 24.8. The molecule has 0 bridgehead atoms. The van der Waals surface area contributed by atoms with Crippen molar-refractivity contribution in [2.45, 2.75) is 175 Å². The summed E-state index contributed by atoms with van der Waals surface area (Å²) in [5.74, 6) is 0.542. The highest BCUT2D eigenvalue weighted by molar-refractivity contribution is 5.75. The summed E-state index contributed by atoms with van der Waals surface area (Å²) in [4.78, 5) is 23.7. The van der Waals surface area contributed by atoms with Crippen LogP contribution < -0.4 is 0 Å². The average Bonchev–Trinajstić information content (AvgIpc) is 3.08. The van der Waals surface area contributed by atoms with Gasteiger partial charge in [0.1, 0.15) is 0 Å². The Labute approximate surface area is 347 Å². The van der Waals surface area contributed by atoms with Gasteiger partial charge in [-0.05, 0) is 149 Å². The minimum atomic E-state index is -0.424. The third-order valence-electron chi connectivity index (χ3n) is 9.95. The van der Waals surface area contributed by atoms with Crippen molar-refractivity contribution in [2.75, 3.05) is 13.2 Å². The van der Waals surface area contributed by atoms with Crippen LogP contribution in [0.3, 0.4) is 0 Å². The van der Waals surface area contributed by atoms with Gasteiger partial charge in [-0.1, -0.05) is 144 Å². The van der Waals surface area contributed by atoms with Gasteiger partial charge in [0.05, 0.1) is 24.0 Å². The molecule has 0 N–H and O–H groups in total. The van der Waals surface area contributed by atoms with Gasteiger partial charge in [-0.15, -0.1) is 0 Å². The third kappa shape index (κ3) is 20.7. The minimum absolute atomic E-state index is 0. The number of hydrogen-bond donors (Lipinski definition) is 0. The molecule has 318 valence electrons. The molecule has 2 atom stereocenters. The summed E-state index contributed by atoms with van der Waals surface area (Å²) in [5.41, 5.74) is 9.09. The lowest BCUT2D eigenvalue weighted by molar-refractivity contribution is -0.155. The topological polar surface area (TPSA) is 52.6 Å². The number of hydrogen-bond acceptors (Lipinski definition) is 4. The van der Waals surface area contributed by atoms with Crippen LogP contribution in [0.1, 0.15) is 170 Å². The highest BCUT2D eigenvalue weighted by Crippen LogP contribution is 2.25. The van der Waals surface area contributed by atoms with Crippen LogP contribution in [0.2, 0.25) is 0 Å². The first-order valence-electron chi connectivity index (χ1n) is 20.4.